The fraction of sp³-hybridized carbons (Fsp3) is 0.273. The molecule has 1 aliphatic rings. The summed E-state index contributed by atoms with van der Waals surface area (Å²) in [4.78, 5) is 14.6. The molecule has 1 heterocycles. The molecule has 2 aromatic carbocycles. The highest BCUT2D eigenvalue weighted by Gasteiger charge is 2.30. The second kappa shape index (κ2) is 10.3. The van der Waals surface area contributed by atoms with Gasteiger partial charge in [0.1, 0.15) is 23.3 Å². The van der Waals surface area contributed by atoms with Crippen LogP contribution in [0.5, 0.6) is 17.2 Å². The molecule has 3 rings (SSSR count). The molecule has 1 aliphatic heterocycles. The summed E-state index contributed by atoms with van der Waals surface area (Å²) >= 11 is 10.1. The second-order valence-corrected chi connectivity index (χ2v) is 9.00. The van der Waals surface area contributed by atoms with Gasteiger partial charge >= 0.3 is 0 Å². The van der Waals surface area contributed by atoms with Crippen LogP contribution in [-0.4, -0.2) is 42.0 Å². The van der Waals surface area contributed by atoms with Crippen LogP contribution in [0, 0.1) is 6.92 Å². The van der Waals surface area contributed by atoms with Crippen LogP contribution in [0.2, 0.25) is 0 Å². The Balaban J connectivity index is 1.69. The minimum atomic E-state index is -0.0730. The number of ether oxygens (including phenoxy) is 3. The van der Waals surface area contributed by atoms with Crippen molar-refractivity contribution in [3.05, 3.63) is 56.9 Å². The first-order chi connectivity index (χ1) is 14.4. The summed E-state index contributed by atoms with van der Waals surface area (Å²) in [6.45, 7) is 5.25. The van der Waals surface area contributed by atoms with Crippen molar-refractivity contribution in [2.24, 2.45) is 0 Å². The van der Waals surface area contributed by atoms with Gasteiger partial charge in [-0.05, 0) is 71.2 Å². The maximum absolute atomic E-state index is 12.4. The first kappa shape index (κ1) is 22.7. The molecule has 0 spiro atoms. The second-order valence-electron chi connectivity index (χ2n) is 6.47. The van der Waals surface area contributed by atoms with E-state index < -0.39 is 0 Å². The summed E-state index contributed by atoms with van der Waals surface area (Å²) < 4.78 is 18.4. The molecule has 0 atom stereocenters. The van der Waals surface area contributed by atoms with Gasteiger partial charge in [0, 0.05) is 6.54 Å². The number of carbonyl (C=O) groups is 1. The number of rotatable bonds is 8. The SMILES string of the molecule is CCN1C(=O)/C(=C/c2cc(Br)c(OCCOc3cccc(C)c3)c(OC)c2)SC1=S. The number of thiocarbonyl (C=S) groups is 1. The van der Waals surface area contributed by atoms with Crippen LogP contribution in [0.4, 0.5) is 0 Å². The van der Waals surface area contributed by atoms with E-state index in [-0.39, 0.29) is 5.91 Å². The third kappa shape index (κ3) is 5.36. The van der Waals surface area contributed by atoms with Crippen molar-refractivity contribution in [2.45, 2.75) is 13.8 Å². The van der Waals surface area contributed by atoms with E-state index >= 15 is 0 Å². The maximum atomic E-state index is 12.4. The molecule has 1 fully saturated rings. The number of thioether (sulfide) groups is 1. The van der Waals surface area contributed by atoms with E-state index in [4.69, 9.17) is 26.4 Å². The first-order valence-electron chi connectivity index (χ1n) is 9.38. The number of hydrogen-bond acceptors (Lipinski definition) is 6. The van der Waals surface area contributed by atoms with Gasteiger partial charge in [0.2, 0.25) is 0 Å². The topological polar surface area (TPSA) is 48.0 Å². The lowest BCUT2D eigenvalue weighted by atomic mass is 10.2. The van der Waals surface area contributed by atoms with Gasteiger partial charge in [-0.2, -0.15) is 0 Å². The van der Waals surface area contributed by atoms with E-state index in [1.807, 2.05) is 56.3 Å². The average Bonchev–Trinajstić information content (AvgIpc) is 2.98. The Kier molecular flexibility index (Phi) is 7.80. The summed E-state index contributed by atoms with van der Waals surface area (Å²) in [5.41, 5.74) is 1.96. The van der Waals surface area contributed by atoms with Gasteiger partial charge in [0.15, 0.2) is 11.5 Å². The molecular formula is C22H22BrNO4S2. The highest BCUT2D eigenvalue weighted by atomic mass is 79.9. The number of nitrogens with zero attached hydrogens (tertiary/aromatic N) is 1. The smallest absolute Gasteiger partial charge is 0.266 e. The minimum absolute atomic E-state index is 0.0730. The lowest BCUT2D eigenvalue weighted by molar-refractivity contribution is -0.121. The highest BCUT2D eigenvalue weighted by Crippen LogP contribution is 2.39. The Morgan fingerprint density at radius 2 is 1.97 bits per heavy atom. The molecule has 0 bridgehead atoms. The van der Waals surface area contributed by atoms with Gasteiger partial charge in [-0.25, -0.2) is 0 Å². The molecule has 30 heavy (non-hydrogen) atoms. The van der Waals surface area contributed by atoms with E-state index in [1.54, 1.807) is 12.0 Å². The predicted octanol–water partition coefficient (Wildman–Crippen LogP) is 5.45. The standard InChI is InChI=1S/C22H22BrNO4S2/c1-4-24-21(25)19(30-22(24)29)13-15-11-17(23)20(18(12-15)26-3)28-9-8-27-16-7-5-6-14(2)10-16/h5-7,10-13H,4,8-9H2,1-3H3/b19-13-. The summed E-state index contributed by atoms with van der Waals surface area (Å²) in [7, 11) is 1.58. The number of halogens is 1. The molecule has 8 heteroatoms. The zero-order chi connectivity index (χ0) is 21.7. The van der Waals surface area contributed by atoms with Crippen molar-refractivity contribution in [3.63, 3.8) is 0 Å². The molecule has 0 radical (unpaired) electrons. The Morgan fingerprint density at radius 3 is 2.63 bits per heavy atom. The lowest BCUT2D eigenvalue weighted by Crippen LogP contribution is -2.27. The van der Waals surface area contributed by atoms with Crippen molar-refractivity contribution in [2.75, 3.05) is 26.9 Å². The molecule has 0 aromatic heterocycles. The van der Waals surface area contributed by atoms with Crippen molar-refractivity contribution in [1.82, 2.24) is 4.90 Å². The third-order valence-corrected chi connectivity index (χ3v) is 6.29. The molecule has 0 unspecified atom stereocenters. The molecule has 0 aliphatic carbocycles. The van der Waals surface area contributed by atoms with Gasteiger partial charge in [-0.1, -0.05) is 36.1 Å². The molecule has 1 amide bonds. The largest absolute Gasteiger partial charge is 0.493 e. The van der Waals surface area contributed by atoms with E-state index in [9.17, 15) is 4.79 Å². The molecule has 2 aromatic rings. The number of benzene rings is 2. The number of likely N-dealkylation sites (N-methyl/N-ethyl adjacent to an activating group) is 1. The van der Waals surface area contributed by atoms with Crippen LogP contribution in [0.15, 0.2) is 45.8 Å². The lowest BCUT2D eigenvalue weighted by Gasteiger charge is -2.14. The monoisotopic (exact) mass is 507 g/mol. The number of hydrogen-bond donors (Lipinski definition) is 0. The van der Waals surface area contributed by atoms with Gasteiger partial charge in [0.05, 0.1) is 16.5 Å². The van der Waals surface area contributed by atoms with Gasteiger partial charge in [-0.3, -0.25) is 9.69 Å². The van der Waals surface area contributed by atoms with E-state index in [2.05, 4.69) is 15.9 Å². The molecule has 0 N–H and O–H groups in total. The fourth-order valence-electron chi connectivity index (χ4n) is 2.90. The number of methoxy groups -OCH3 is 1. The molecular weight excluding hydrogens is 486 g/mol. The van der Waals surface area contributed by atoms with E-state index in [1.165, 1.54) is 11.8 Å². The van der Waals surface area contributed by atoms with Gasteiger partial charge in [-0.15, -0.1) is 0 Å². The fourth-order valence-corrected chi connectivity index (χ4v) is 4.85. The highest BCUT2D eigenvalue weighted by molar-refractivity contribution is 9.10. The van der Waals surface area contributed by atoms with Gasteiger partial charge in [0.25, 0.3) is 5.91 Å². The van der Waals surface area contributed by atoms with Crippen LogP contribution >= 0.6 is 39.9 Å². The Bertz CT molecular complexity index is 993. The van der Waals surface area contributed by atoms with Crippen LogP contribution in [0.1, 0.15) is 18.1 Å². The Hall–Kier alpha value is -2.03. The minimum Gasteiger partial charge on any atom is -0.493 e. The van der Waals surface area contributed by atoms with Crippen LogP contribution in [0.25, 0.3) is 6.08 Å². The summed E-state index contributed by atoms with van der Waals surface area (Å²) in [6.07, 6.45) is 1.81. The average molecular weight is 508 g/mol. The maximum Gasteiger partial charge on any atom is 0.266 e. The summed E-state index contributed by atoms with van der Waals surface area (Å²) in [6, 6.07) is 11.6. The number of amides is 1. The van der Waals surface area contributed by atoms with Crippen LogP contribution in [0.3, 0.4) is 0 Å². The Morgan fingerprint density at radius 1 is 1.20 bits per heavy atom. The zero-order valence-electron chi connectivity index (χ0n) is 16.9. The zero-order valence-corrected chi connectivity index (χ0v) is 20.2. The Labute approximate surface area is 194 Å². The molecule has 0 saturated carbocycles. The van der Waals surface area contributed by atoms with Gasteiger partial charge < -0.3 is 14.2 Å². The van der Waals surface area contributed by atoms with Crippen molar-refractivity contribution < 1.29 is 19.0 Å². The quantitative estimate of drug-likeness (QED) is 0.269. The number of carbonyl (C=O) groups excluding carboxylic acids is 1. The normalized spacial score (nSPS) is 15.1. The molecule has 5 nitrogen and oxygen atoms in total. The molecule has 158 valence electrons. The van der Waals surface area contributed by atoms with Crippen LogP contribution in [-0.2, 0) is 4.79 Å². The van der Waals surface area contributed by atoms with Crippen molar-refractivity contribution >= 4 is 56.2 Å². The number of aryl methyl sites for hydroxylation is 1. The summed E-state index contributed by atoms with van der Waals surface area (Å²) in [5.74, 6) is 1.89. The van der Waals surface area contributed by atoms with E-state index in [0.29, 0.717) is 40.5 Å². The first-order valence-corrected chi connectivity index (χ1v) is 11.4. The molecule has 1 saturated heterocycles. The van der Waals surface area contributed by atoms with Crippen molar-refractivity contribution in [1.29, 1.82) is 0 Å². The van der Waals surface area contributed by atoms with Crippen molar-refractivity contribution in [3.8, 4) is 17.2 Å². The summed E-state index contributed by atoms with van der Waals surface area (Å²) in [5, 5.41) is 0. The van der Waals surface area contributed by atoms with E-state index in [0.717, 1.165) is 21.3 Å². The third-order valence-electron chi connectivity index (χ3n) is 4.33. The van der Waals surface area contributed by atoms with Crippen LogP contribution < -0.4 is 14.2 Å². The predicted molar refractivity (Wildman–Crippen MR) is 128 cm³/mol.